The third kappa shape index (κ3) is 3.24. The fraction of sp³-hybridized carbons (Fsp3) is 0.438. The van der Waals surface area contributed by atoms with E-state index in [1.165, 1.54) is 16.5 Å². The summed E-state index contributed by atoms with van der Waals surface area (Å²) in [5, 5.41) is 5.88. The van der Waals surface area contributed by atoms with E-state index < -0.39 is 0 Å². The molecule has 3 rings (SSSR count). The van der Waals surface area contributed by atoms with Gasteiger partial charge in [0.25, 0.3) is 0 Å². The molecule has 0 saturated carbocycles. The van der Waals surface area contributed by atoms with Crippen LogP contribution in [0.3, 0.4) is 0 Å². The monoisotopic (exact) mass is 257 g/mol. The zero-order chi connectivity index (χ0) is 13.7. The summed E-state index contributed by atoms with van der Waals surface area (Å²) in [6.45, 7) is 10.4. The van der Waals surface area contributed by atoms with Crippen LogP contribution in [0.4, 0.5) is 5.69 Å². The maximum atomic E-state index is 4.33. The van der Waals surface area contributed by atoms with Gasteiger partial charge in [0, 0.05) is 49.1 Å². The number of nitrogens with one attached hydrogen (secondary N) is 1. The average molecular weight is 257 g/mol. The van der Waals surface area contributed by atoms with E-state index in [-0.39, 0.29) is 0 Å². The zero-order valence-corrected chi connectivity index (χ0v) is 12.1. The molecule has 19 heavy (non-hydrogen) atoms. The van der Waals surface area contributed by atoms with Crippen LogP contribution in [-0.2, 0) is 0 Å². The second kappa shape index (κ2) is 6.53. The van der Waals surface area contributed by atoms with Gasteiger partial charge in [-0.2, -0.15) is 0 Å². The summed E-state index contributed by atoms with van der Waals surface area (Å²) in [6.07, 6.45) is 1.95. The molecule has 2 aromatic rings. The van der Waals surface area contributed by atoms with Crippen molar-refractivity contribution in [1.82, 2.24) is 10.3 Å². The predicted octanol–water partition coefficient (Wildman–Crippen LogP) is 2.98. The third-order valence-corrected chi connectivity index (χ3v) is 3.32. The lowest BCUT2D eigenvalue weighted by molar-refractivity contribution is 0.589. The molecule has 0 amide bonds. The minimum atomic E-state index is 1.08. The third-order valence-electron chi connectivity index (χ3n) is 3.32. The molecule has 1 aliphatic rings. The number of hydrogen-bond acceptors (Lipinski definition) is 3. The number of piperazine rings is 1. The summed E-state index contributed by atoms with van der Waals surface area (Å²) in [5.41, 5.74) is 2.40. The van der Waals surface area contributed by atoms with Gasteiger partial charge in [-0.1, -0.05) is 19.9 Å². The summed E-state index contributed by atoms with van der Waals surface area (Å²) >= 11 is 0. The van der Waals surface area contributed by atoms with Crippen molar-refractivity contribution in [1.29, 1.82) is 0 Å². The lowest BCUT2D eigenvalue weighted by Gasteiger charge is -2.29. The van der Waals surface area contributed by atoms with Crippen molar-refractivity contribution < 1.29 is 0 Å². The Morgan fingerprint density at radius 3 is 2.53 bits per heavy atom. The Labute approximate surface area is 115 Å². The van der Waals surface area contributed by atoms with Gasteiger partial charge in [0.05, 0.1) is 0 Å². The maximum Gasteiger partial charge on any atom is 0.0379 e. The molecule has 102 valence electrons. The molecule has 3 nitrogen and oxygen atoms in total. The fourth-order valence-electron chi connectivity index (χ4n) is 2.36. The number of hydrogen-bond donors (Lipinski definition) is 1. The van der Waals surface area contributed by atoms with E-state index in [0.29, 0.717) is 0 Å². The minimum absolute atomic E-state index is 1.08. The van der Waals surface area contributed by atoms with E-state index in [4.69, 9.17) is 0 Å². The van der Waals surface area contributed by atoms with Gasteiger partial charge in [-0.15, -0.1) is 0 Å². The zero-order valence-electron chi connectivity index (χ0n) is 12.1. The Kier molecular flexibility index (Phi) is 4.74. The molecule has 0 unspecified atom stereocenters. The molecule has 0 radical (unpaired) electrons. The van der Waals surface area contributed by atoms with Crippen molar-refractivity contribution in [2.24, 2.45) is 0 Å². The Morgan fingerprint density at radius 2 is 1.79 bits per heavy atom. The molecule has 2 heterocycles. The van der Waals surface area contributed by atoms with Crippen LogP contribution in [0.5, 0.6) is 0 Å². The molecule has 1 aromatic carbocycles. The van der Waals surface area contributed by atoms with Crippen molar-refractivity contribution in [2.75, 3.05) is 31.1 Å². The Balaban J connectivity index is 0.000000637. The van der Waals surface area contributed by atoms with E-state index in [1.807, 2.05) is 27.0 Å². The topological polar surface area (TPSA) is 28.2 Å². The van der Waals surface area contributed by atoms with Gasteiger partial charge in [-0.25, -0.2) is 0 Å². The first kappa shape index (κ1) is 13.8. The molecule has 1 fully saturated rings. The van der Waals surface area contributed by atoms with E-state index in [1.54, 1.807) is 0 Å². The summed E-state index contributed by atoms with van der Waals surface area (Å²) in [7, 11) is 0. The summed E-state index contributed by atoms with van der Waals surface area (Å²) in [5.74, 6) is 0. The van der Waals surface area contributed by atoms with Gasteiger partial charge in [-0.05, 0) is 30.5 Å². The molecule has 0 bridgehead atoms. The first-order valence-electron chi connectivity index (χ1n) is 7.15. The summed E-state index contributed by atoms with van der Waals surface area (Å²) < 4.78 is 0. The van der Waals surface area contributed by atoms with Crippen molar-refractivity contribution in [2.45, 2.75) is 20.8 Å². The van der Waals surface area contributed by atoms with Crippen LogP contribution in [0, 0.1) is 6.92 Å². The number of benzene rings is 1. The summed E-state index contributed by atoms with van der Waals surface area (Å²) in [4.78, 5) is 6.76. The van der Waals surface area contributed by atoms with Crippen LogP contribution < -0.4 is 10.2 Å². The van der Waals surface area contributed by atoms with Gasteiger partial charge in [0.2, 0.25) is 0 Å². The molecule has 3 heteroatoms. The quantitative estimate of drug-likeness (QED) is 0.851. The lowest BCUT2D eigenvalue weighted by atomic mass is 10.1. The van der Waals surface area contributed by atoms with E-state index in [9.17, 15) is 0 Å². The van der Waals surface area contributed by atoms with Crippen LogP contribution in [0.2, 0.25) is 0 Å². The number of aryl methyl sites for hydroxylation is 1. The molecule has 0 spiro atoms. The second-order valence-corrected chi connectivity index (χ2v) is 4.59. The number of fused-ring (bicyclic) bond motifs is 1. The average Bonchev–Trinajstić information content (AvgIpc) is 2.49. The van der Waals surface area contributed by atoms with Gasteiger partial charge in [-0.3, -0.25) is 4.98 Å². The maximum absolute atomic E-state index is 4.33. The normalized spacial score (nSPS) is 15.0. The van der Waals surface area contributed by atoms with Crippen molar-refractivity contribution >= 4 is 16.5 Å². The molecule has 0 aliphatic carbocycles. The van der Waals surface area contributed by atoms with Crippen LogP contribution in [0.1, 0.15) is 19.5 Å². The number of aromatic nitrogens is 1. The molecule has 1 aliphatic heterocycles. The Morgan fingerprint density at radius 1 is 1.05 bits per heavy atom. The number of nitrogens with zero attached hydrogens (tertiary/aromatic N) is 2. The SMILES string of the molecule is CC.Cc1cc2cc(N3CCNCC3)ccc2cn1. The molecular weight excluding hydrogens is 234 g/mol. The predicted molar refractivity (Wildman–Crippen MR) is 82.9 cm³/mol. The van der Waals surface area contributed by atoms with Gasteiger partial charge < -0.3 is 10.2 Å². The van der Waals surface area contributed by atoms with Crippen LogP contribution >= 0.6 is 0 Å². The number of anilines is 1. The second-order valence-electron chi connectivity index (χ2n) is 4.59. The van der Waals surface area contributed by atoms with Crippen LogP contribution in [-0.4, -0.2) is 31.2 Å². The molecule has 1 N–H and O–H groups in total. The van der Waals surface area contributed by atoms with E-state index in [0.717, 1.165) is 31.9 Å². The lowest BCUT2D eigenvalue weighted by Crippen LogP contribution is -2.43. The standard InChI is InChI=1S/C14H17N3.C2H6/c1-11-8-13-9-14(3-2-12(13)10-16-11)17-6-4-15-5-7-17;1-2/h2-3,8-10,15H,4-7H2,1H3;1-2H3. The van der Waals surface area contributed by atoms with E-state index >= 15 is 0 Å². The largest absolute Gasteiger partial charge is 0.369 e. The fourth-order valence-corrected chi connectivity index (χ4v) is 2.36. The first-order chi connectivity index (χ1) is 9.33. The van der Waals surface area contributed by atoms with Gasteiger partial charge >= 0.3 is 0 Å². The van der Waals surface area contributed by atoms with Crippen molar-refractivity contribution in [3.05, 3.63) is 36.2 Å². The highest BCUT2D eigenvalue weighted by Crippen LogP contribution is 2.22. The van der Waals surface area contributed by atoms with Crippen LogP contribution in [0.25, 0.3) is 10.8 Å². The highest BCUT2D eigenvalue weighted by molar-refractivity contribution is 5.85. The van der Waals surface area contributed by atoms with E-state index in [2.05, 4.69) is 39.5 Å². The molecule has 1 saturated heterocycles. The summed E-state index contributed by atoms with van der Waals surface area (Å²) in [6, 6.07) is 8.79. The minimum Gasteiger partial charge on any atom is -0.369 e. The van der Waals surface area contributed by atoms with Gasteiger partial charge in [0.15, 0.2) is 0 Å². The van der Waals surface area contributed by atoms with Crippen LogP contribution in [0.15, 0.2) is 30.5 Å². The highest BCUT2D eigenvalue weighted by Gasteiger charge is 2.10. The van der Waals surface area contributed by atoms with Crippen molar-refractivity contribution in [3.63, 3.8) is 0 Å². The van der Waals surface area contributed by atoms with Crippen molar-refractivity contribution in [3.8, 4) is 0 Å². The number of pyridine rings is 1. The molecule has 1 aromatic heterocycles. The molecule has 0 atom stereocenters. The first-order valence-corrected chi connectivity index (χ1v) is 7.15. The number of rotatable bonds is 1. The smallest absolute Gasteiger partial charge is 0.0379 e. The Hall–Kier alpha value is -1.61. The molecular formula is C16H23N3. The highest BCUT2D eigenvalue weighted by atomic mass is 15.2. The Bertz CT molecular complexity index is 531. The van der Waals surface area contributed by atoms with Gasteiger partial charge in [0.1, 0.15) is 0 Å².